The Hall–Kier alpha value is -1.82. The molecule has 19 heavy (non-hydrogen) atoms. The van der Waals surface area contributed by atoms with Crippen molar-refractivity contribution in [2.45, 2.75) is 38.5 Å². The number of hydrogen-bond acceptors (Lipinski definition) is 3. The highest BCUT2D eigenvalue weighted by molar-refractivity contribution is 5.92. The van der Waals surface area contributed by atoms with Crippen molar-refractivity contribution in [3.8, 4) is 0 Å². The Labute approximate surface area is 111 Å². The van der Waals surface area contributed by atoms with Crippen LogP contribution in [0.25, 0.3) is 0 Å². The molecule has 6 heteroatoms. The van der Waals surface area contributed by atoms with E-state index in [1.807, 2.05) is 23.8 Å². The van der Waals surface area contributed by atoms with E-state index in [4.69, 9.17) is 9.84 Å². The molecule has 1 amide bonds. The highest BCUT2D eigenvalue weighted by Gasteiger charge is 2.30. The summed E-state index contributed by atoms with van der Waals surface area (Å²) >= 11 is 0. The molecule has 0 aromatic carbocycles. The molecule has 2 N–H and O–H groups in total. The van der Waals surface area contributed by atoms with Crippen molar-refractivity contribution in [1.82, 2.24) is 9.88 Å². The monoisotopic (exact) mass is 266 g/mol. The number of carbonyl (C=O) groups excluding carboxylic acids is 1. The molecule has 0 aliphatic carbocycles. The van der Waals surface area contributed by atoms with Crippen LogP contribution in [0.3, 0.4) is 0 Å². The van der Waals surface area contributed by atoms with Crippen LogP contribution in [-0.2, 0) is 16.1 Å². The molecule has 1 saturated heterocycles. The van der Waals surface area contributed by atoms with Gasteiger partial charge in [-0.3, -0.25) is 4.79 Å². The van der Waals surface area contributed by atoms with Crippen LogP contribution in [0.4, 0.5) is 0 Å². The minimum absolute atomic E-state index is 0.158. The summed E-state index contributed by atoms with van der Waals surface area (Å²) in [7, 11) is 0. The highest BCUT2D eigenvalue weighted by Crippen LogP contribution is 2.19. The summed E-state index contributed by atoms with van der Waals surface area (Å²) < 4.78 is 7.18. The second-order valence-electron chi connectivity index (χ2n) is 4.55. The maximum atomic E-state index is 12.0. The number of rotatable bonds is 5. The van der Waals surface area contributed by atoms with Gasteiger partial charge in [0.15, 0.2) is 6.10 Å². The second kappa shape index (κ2) is 5.88. The van der Waals surface area contributed by atoms with Gasteiger partial charge in [-0.15, -0.1) is 0 Å². The first-order valence-electron chi connectivity index (χ1n) is 6.43. The molecule has 6 nitrogen and oxygen atoms in total. The predicted molar refractivity (Wildman–Crippen MR) is 68.0 cm³/mol. The lowest BCUT2D eigenvalue weighted by Crippen LogP contribution is -2.34. The van der Waals surface area contributed by atoms with E-state index in [-0.39, 0.29) is 12.0 Å². The molecule has 2 atom stereocenters. The smallest absolute Gasteiger partial charge is 0.332 e. The van der Waals surface area contributed by atoms with E-state index >= 15 is 0 Å². The number of carboxylic acids is 1. The highest BCUT2D eigenvalue weighted by atomic mass is 16.5. The van der Waals surface area contributed by atoms with Gasteiger partial charge in [0.05, 0.1) is 6.10 Å². The normalized spacial score (nSPS) is 22.4. The molecule has 1 aliphatic heterocycles. The molecule has 0 spiro atoms. The van der Waals surface area contributed by atoms with Gasteiger partial charge in [-0.05, 0) is 31.9 Å². The Balaban J connectivity index is 1.83. The van der Waals surface area contributed by atoms with E-state index in [1.54, 1.807) is 6.07 Å². The average Bonchev–Trinajstić information content (AvgIpc) is 3.04. The van der Waals surface area contributed by atoms with Crippen LogP contribution in [0.15, 0.2) is 18.3 Å². The van der Waals surface area contributed by atoms with Crippen LogP contribution >= 0.6 is 0 Å². The molecule has 104 valence electrons. The standard InChI is InChI=1S/C13H18N2O4/c1-2-15-7-3-4-10(15)12(16)14-8-9-5-6-11(19-9)13(17)18/h3-4,7,9,11H,2,5-6,8H2,1H3,(H,14,16)(H,17,18). The summed E-state index contributed by atoms with van der Waals surface area (Å²) in [4.78, 5) is 22.7. The molecule has 0 radical (unpaired) electrons. The second-order valence-corrected chi connectivity index (χ2v) is 4.55. The number of hydrogen-bond donors (Lipinski definition) is 2. The van der Waals surface area contributed by atoms with Gasteiger partial charge in [-0.2, -0.15) is 0 Å². The van der Waals surface area contributed by atoms with E-state index in [9.17, 15) is 9.59 Å². The van der Waals surface area contributed by atoms with Gasteiger partial charge in [-0.1, -0.05) is 0 Å². The van der Waals surface area contributed by atoms with Gasteiger partial charge in [0.1, 0.15) is 5.69 Å². The lowest BCUT2D eigenvalue weighted by molar-refractivity contribution is -0.149. The van der Waals surface area contributed by atoms with E-state index in [2.05, 4.69) is 5.32 Å². The number of amides is 1. The summed E-state index contributed by atoms with van der Waals surface area (Å²) in [6.45, 7) is 3.04. The maximum absolute atomic E-state index is 12.0. The molecule has 0 saturated carbocycles. The van der Waals surface area contributed by atoms with E-state index in [0.717, 1.165) is 6.54 Å². The number of aromatic nitrogens is 1. The van der Waals surface area contributed by atoms with Crippen molar-refractivity contribution in [3.63, 3.8) is 0 Å². The number of nitrogens with zero attached hydrogens (tertiary/aromatic N) is 1. The third kappa shape index (κ3) is 3.14. The molecular formula is C13H18N2O4. The molecule has 1 fully saturated rings. The van der Waals surface area contributed by atoms with E-state index in [0.29, 0.717) is 25.1 Å². The summed E-state index contributed by atoms with van der Waals surface area (Å²) in [5, 5.41) is 11.6. The fraction of sp³-hybridized carbons (Fsp3) is 0.538. The van der Waals surface area contributed by atoms with Crippen molar-refractivity contribution in [3.05, 3.63) is 24.0 Å². The molecule has 0 bridgehead atoms. The summed E-state index contributed by atoms with van der Waals surface area (Å²) in [5.41, 5.74) is 0.607. The molecule has 2 heterocycles. The molecule has 1 aliphatic rings. The molecule has 1 aromatic rings. The number of carbonyl (C=O) groups is 2. The summed E-state index contributed by atoms with van der Waals surface area (Å²) in [6, 6.07) is 3.58. The van der Waals surface area contributed by atoms with Crippen molar-refractivity contribution in [2.24, 2.45) is 0 Å². The zero-order valence-corrected chi connectivity index (χ0v) is 10.8. The van der Waals surface area contributed by atoms with E-state index in [1.165, 1.54) is 0 Å². The van der Waals surface area contributed by atoms with Crippen molar-refractivity contribution in [1.29, 1.82) is 0 Å². The van der Waals surface area contributed by atoms with E-state index < -0.39 is 12.1 Å². The number of ether oxygens (including phenoxy) is 1. The zero-order valence-electron chi connectivity index (χ0n) is 10.8. The number of aryl methyl sites for hydroxylation is 1. The summed E-state index contributed by atoms with van der Waals surface area (Å²) in [5.74, 6) is -1.09. The Bertz CT molecular complexity index is 469. The minimum atomic E-state index is -0.936. The van der Waals surface area contributed by atoms with Gasteiger partial charge in [-0.25, -0.2) is 4.79 Å². The topological polar surface area (TPSA) is 80.6 Å². The lowest BCUT2D eigenvalue weighted by Gasteiger charge is -2.13. The molecular weight excluding hydrogens is 248 g/mol. The first kappa shape index (κ1) is 13.6. The van der Waals surface area contributed by atoms with Gasteiger partial charge < -0.3 is 19.7 Å². The molecule has 1 aromatic heterocycles. The first-order valence-corrected chi connectivity index (χ1v) is 6.43. The van der Waals surface area contributed by atoms with Crippen LogP contribution < -0.4 is 5.32 Å². The quantitative estimate of drug-likeness (QED) is 0.828. The predicted octanol–water partition coefficient (Wildman–Crippen LogP) is 0.870. The average molecular weight is 266 g/mol. The van der Waals surface area contributed by atoms with Crippen molar-refractivity contribution >= 4 is 11.9 Å². The van der Waals surface area contributed by atoms with Crippen molar-refractivity contribution in [2.75, 3.05) is 6.54 Å². The van der Waals surface area contributed by atoms with Crippen LogP contribution in [0.5, 0.6) is 0 Å². The Morgan fingerprint density at radius 3 is 2.95 bits per heavy atom. The fourth-order valence-corrected chi connectivity index (χ4v) is 2.23. The van der Waals surface area contributed by atoms with Gasteiger partial charge in [0.25, 0.3) is 5.91 Å². The van der Waals surface area contributed by atoms with Crippen LogP contribution in [-0.4, -0.2) is 40.3 Å². The third-order valence-electron chi connectivity index (χ3n) is 3.28. The van der Waals surface area contributed by atoms with Gasteiger partial charge >= 0.3 is 5.97 Å². The largest absolute Gasteiger partial charge is 0.479 e. The molecule has 2 unspecified atom stereocenters. The first-order chi connectivity index (χ1) is 9.11. The zero-order chi connectivity index (χ0) is 13.8. The van der Waals surface area contributed by atoms with Crippen LogP contribution in [0.1, 0.15) is 30.3 Å². The van der Waals surface area contributed by atoms with Crippen molar-refractivity contribution < 1.29 is 19.4 Å². The molecule has 2 rings (SSSR count). The van der Waals surface area contributed by atoms with Gasteiger partial charge in [0, 0.05) is 19.3 Å². The van der Waals surface area contributed by atoms with Gasteiger partial charge in [0.2, 0.25) is 0 Å². The number of aliphatic carboxylic acids is 1. The van der Waals surface area contributed by atoms with Crippen LogP contribution in [0.2, 0.25) is 0 Å². The van der Waals surface area contributed by atoms with Crippen LogP contribution in [0, 0.1) is 0 Å². The summed E-state index contributed by atoms with van der Waals surface area (Å²) in [6.07, 6.45) is 2.06. The Morgan fingerprint density at radius 2 is 2.32 bits per heavy atom. The lowest BCUT2D eigenvalue weighted by atomic mass is 10.2. The Kier molecular flexibility index (Phi) is 4.21. The minimum Gasteiger partial charge on any atom is -0.479 e. The Morgan fingerprint density at radius 1 is 1.53 bits per heavy atom. The number of carboxylic acid groups (broad SMARTS) is 1. The maximum Gasteiger partial charge on any atom is 0.332 e. The number of nitrogens with one attached hydrogen (secondary N) is 1. The SMILES string of the molecule is CCn1cccc1C(=O)NCC1CCC(C(=O)O)O1. The third-order valence-corrected chi connectivity index (χ3v) is 3.28. The fourth-order valence-electron chi connectivity index (χ4n) is 2.23.